The van der Waals surface area contributed by atoms with Crippen LogP contribution in [0.1, 0.15) is 88.5 Å². The van der Waals surface area contributed by atoms with Crippen LogP contribution in [0.3, 0.4) is 0 Å². The number of ether oxygens (including phenoxy) is 4. The number of aliphatic hydroxyl groups excluding tert-OH is 2. The first-order valence-electron chi connectivity index (χ1n) is 22.7. The number of carbonyl (C=O) groups excluding carboxylic acids is 3. The largest absolute Gasteiger partial charge is 0.458 e. The van der Waals surface area contributed by atoms with Gasteiger partial charge in [0.15, 0.2) is 6.04 Å². The van der Waals surface area contributed by atoms with Crippen LogP contribution in [-0.4, -0.2) is 101 Å². The molecule has 63 heavy (non-hydrogen) atoms. The van der Waals surface area contributed by atoms with Crippen molar-refractivity contribution in [3.05, 3.63) is 113 Å². The molecule has 4 aliphatic heterocycles. The molecule has 13 heteroatoms. The molecule has 10 rings (SSSR count). The monoisotopic (exact) mass is 861 g/mol. The molecule has 12 unspecified atom stereocenters. The van der Waals surface area contributed by atoms with Crippen LogP contribution in [0.4, 0.5) is 0 Å². The quantitative estimate of drug-likeness (QED) is 0.153. The highest BCUT2D eigenvalue weighted by Crippen LogP contribution is 2.61. The van der Waals surface area contributed by atoms with E-state index < -0.39 is 71.6 Å². The molecule has 3 saturated carbocycles. The van der Waals surface area contributed by atoms with Gasteiger partial charge in [-0.3, -0.25) is 19.2 Å². The summed E-state index contributed by atoms with van der Waals surface area (Å²) >= 11 is 0. The molecular formula is C50H59N3O10. The standard InChI is InChI=1S/C50H59N3O10/c1-29(55)39(44(56)51-22-23-54)52-46(58)49-27-37-40-41(62-50(61-40,33-14-7-5-8-15-33)34-16-9-6-10-17-34)43(49)63-53(42(49)45(57)59-37)28-31-13-11-12-30(24-31)25-32-18-19-38-48(4,60-38)21-20-36-35(32)26-47(36,2)3/h5-17,24-25,29,35-43,54-55H,18-23,26-28H2,1-4H3,(H,51,56)(H,52,58). The van der Waals surface area contributed by atoms with Crippen LogP contribution in [0.25, 0.3) is 6.08 Å². The van der Waals surface area contributed by atoms with Crippen molar-refractivity contribution in [3.63, 3.8) is 0 Å². The summed E-state index contributed by atoms with van der Waals surface area (Å²) in [6.07, 6.45) is 3.03. The molecule has 12 atom stereocenters. The van der Waals surface area contributed by atoms with Gasteiger partial charge >= 0.3 is 5.97 Å². The van der Waals surface area contributed by atoms with E-state index in [1.165, 1.54) is 12.5 Å². The maximum absolute atomic E-state index is 15.1. The Hall–Kier alpha value is -4.47. The Kier molecular flexibility index (Phi) is 10.7. The number of epoxide rings is 1. The number of amides is 2. The molecule has 0 spiro atoms. The van der Waals surface area contributed by atoms with Gasteiger partial charge in [-0.05, 0) is 74.3 Å². The molecule has 3 aliphatic carbocycles. The Morgan fingerprint density at radius 1 is 0.921 bits per heavy atom. The Morgan fingerprint density at radius 2 is 1.63 bits per heavy atom. The van der Waals surface area contributed by atoms with E-state index >= 15 is 4.79 Å². The van der Waals surface area contributed by atoms with Crippen molar-refractivity contribution in [2.45, 2.75) is 133 Å². The molecule has 7 fully saturated rings. The number of esters is 1. The third-order valence-electron chi connectivity index (χ3n) is 15.4. The summed E-state index contributed by atoms with van der Waals surface area (Å²) < 4.78 is 26.6. The highest BCUT2D eigenvalue weighted by Gasteiger charge is 2.77. The maximum Gasteiger partial charge on any atom is 0.327 e. The van der Waals surface area contributed by atoms with Crippen molar-refractivity contribution >= 4 is 23.9 Å². The number of hydrogen-bond donors (Lipinski definition) is 4. The normalized spacial score (nSPS) is 36.2. The molecule has 334 valence electrons. The summed E-state index contributed by atoms with van der Waals surface area (Å²) in [4.78, 5) is 49.9. The lowest BCUT2D eigenvalue weighted by Gasteiger charge is -2.53. The second kappa shape index (κ2) is 15.9. The van der Waals surface area contributed by atoms with Gasteiger partial charge in [0, 0.05) is 24.1 Å². The van der Waals surface area contributed by atoms with Gasteiger partial charge in [-0.25, -0.2) is 0 Å². The molecule has 4 heterocycles. The lowest BCUT2D eigenvalue weighted by molar-refractivity contribution is -0.213. The second-order valence-electron chi connectivity index (χ2n) is 19.8. The van der Waals surface area contributed by atoms with Gasteiger partial charge in [-0.15, -0.1) is 0 Å². The number of hydroxylamine groups is 2. The predicted octanol–water partition coefficient (Wildman–Crippen LogP) is 4.92. The number of nitrogens with one attached hydrogen (secondary N) is 2. The predicted molar refractivity (Wildman–Crippen MR) is 230 cm³/mol. The molecule has 3 aromatic rings. The fourth-order valence-electron chi connectivity index (χ4n) is 12.0. The second-order valence-corrected chi connectivity index (χ2v) is 19.8. The summed E-state index contributed by atoms with van der Waals surface area (Å²) in [6.45, 7) is 8.19. The first-order chi connectivity index (χ1) is 30.3. The van der Waals surface area contributed by atoms with Crippen LogP contribution >= 0.6 is 0 Å². The van der Waals surface area contributed by atoms with Gasteiger partial charge in [0.05, 0.1) is 31.0 Å². The van der Waals surface area contributed by atoms with Crippen molar-refractivity contribution in [1.29, 1.82) is 0 Å². The number of fused-ring (bicyclic) bond motifs is 6. The van der Waals surface area contributed by atoms with Crippen LogP contribution in [-0.2, 0) is 50.5 Å². The van der Waals surface area contributed by atoms with Crippen LogP contribution in [0.2, 0.25) is 0 Å². The smallest absolute Gasteiger partial charge is 0.327 e. The van der Waals surface area contributed by atoms with Crippen molar-refractivity contribution in [2.75, 3.05) is 13.2 Å². The minimum atomic E-state index is -1.62. The van der Waals surface area contributed by atoms with Crippen molar-refractivity contribution in [3.8, 4) is 0 Å². The summed E-state index contributed by atoms with van der Waals surface area (Å²) in [7, 11) is 0. The van der Waals surface area contributed by atoms with Gasteiger partial charge in [0.2, 0.25) is 17.6 Å². The number of rotatable bonds is 11. The minimum Gasteiger partial charge on any atom is -0.458 e. The zero-order chi connectivity index (χ0) is 43.9. The summed E-state index contributed by atoms with van der Waals surface area (Å²) in [5, 5.41) is 27.1. The van der Waals surface area contributed by atoms with Gasteiger partial charge in [0.1, 0.15) is 35.9 Å². The molecule has 4 saturated heterocycles. The average molecular weight is 862 g/mol. The summed E-state index contributed by atoms with van der Waals surface area (Å²) in [5.41, 5.74) is 3.46. The highest BCUT2D eigenvalue weighted by molar-refractivity contribution is 5.96. The first-order valence-corrected chi connectivity index (χ1v) is 22.7. The Labute approximate surface area is 368 Å². The number of carbonyl (C=O) groups is 3. The molecule has 2 bridgehead atoms. The highest BCUT2D eigenvalue weighted by atomic mass is 16.8. The van der Waals surface area contributed by atoms with Crippen LogP contribution in [0.5, 0.6) is 0 Å². The van der Waals surface area contributed by atoms with Gasteiger partial charge < -0.3 is 39.8 Å². The van der Waals surface area contributed by atoms with E-state index in [4.69, 9.17) is 23.8 Å². The van der Waals surface area contributed by atoms with Crippen molar-refractivity contribution in [1.82, 2.24) is 15.7 Å². The zero-order valence-corrected chi connectivity index (χ0v) is 36.4. The van der Waals surface area contributed by atoms with E-state index in [0.29, 0.717) is 29.1 Å². The van der Waals surface area contributed by atoms with Crippen LogP contribution in [0.15, 0.2) is 90.5 Å². The Balaban J connectivity index is 1.00. The van der Waals surface area contributed by atoms with E-state index in [9.17, 15) is 19.8 Å². The Bertz CT molecular complexity index is 2230. The topological polar surface area (TPSA) is 168 Å². The first kappa shape index (κ1) is 42.5. The molecule has 7 aliphatic rings. The molecule has 3 aromatic carbocycles. The molecule has 13 nitrogen and oxygen atoms in total. The number of benzene rings is 3. The van der Waals surface area contributed by atoms with E-state index in [1.54, 1.807) is 5.06 Å². The molecule has 0 aromatic heterocycles. The fourth-order valence-corrected chi connectivity index (χ4v) is 12.0. The van der Waals surface area contributed by atoms with E-state index in [-0.39, 0.29) is 37.1 Å². The van der Waals surface area contributed by atoms with Crippen LogP contribution in [0, 0.1) is 22.7 Å². The minimum absolute atomic E-state index is 0.00308. The average Bonchev–Trinajstić information content (AvgIpc) is 3.54. The van der Waals surface area contributed by atoms with Gasteiger partial charge in [0.25, 0.3) is 0 Å². The molecule has 4 N–H and O–H groups in total. The molecule has 0 radical (unpaired) electrons. The molecular weight excluding hydrogens is 803 g/mol. The third-order valence-corrected chi connectivity index (χ3v) is 15.4. The number of allylic oxidation sites excluding steroid dienone is 1. The summed E-state index contributed by atoms with van der Waals surface area (Å²) in [6, 6.07) is 24.7. The lowest BCUT2D eigenvalue weighted by atomic mass is 9.52. The fraction of sp³-hybridized carbons (Fsp3) is 0.540. The Morgan fingerprint density at radius 3 is 2.32 bits per heavy atom. The number of aliphatic hydroxyl groups is 2. The van der Waals surface area contributed by atoms with Gasteiger partial charge in [-0.1, -0.05) is 110 Å². The SMILES string of the molecule is CC(O)C(NC(=O)C12CC3OC(=O)C1N(Cc1cccc(C=C4CCC5OC5(C)CCC5C4CC5(C)C)c1)OC2C1OC(c2ccccc2)(c2ccccc2)OC31)C(=O)NCCO. The maximum atomic E-state index is 15.1. The number of hydrogen-bond acceptors (Lipinski definition) is 11. The number of nitrogens with zero attached hydrogens (tertiary/aromatic N) is 1. The van der Waals surface area contributed by atoms with E-state index in [1.807, 2.05) is 72.8 Å². The van der Waals surface area contributed by atoms with Crippen molar-refractivity contribution in [2.24, 2.45) is 22.7 Å². The van der Waals surface area contributed by atoms with Crippen LogP contribution < -0.4 is 10.6 Å². The zero-order valence-electron chi connectivity index (χ0n) is 36.4. The lowest BCUT2D eigenvalue weighted by Crippen LogP contribution is -2.71. The van der Waals surface area contributed by atoms with E-state index in [0.717, 1.165) is 43.2 Å². The molecule has 2 amide bonds. The third kappa shape index (κ3) is 7.15. The van der Waals surface area contributed by atoms with E-state index in [2.05, 4.69) is 49.6 Å². The van der Waals surface area contributed by atoms with Gasteiger partial charge in [-0.2, -0.15) is 5.06 Å². The van der Waals surface area contributed by atoms with Crippen molar-refractivity contribution < 1.29 is 48.4 Å². The summed E-state index contributed by atoms with van der Waals surface area (Å²) in [5.74, 6) is -2.30.